The Bertz CT molecular complexity index is 423. The lowest BCUT2D eigenvalue weighted by molar-refractivity contribution is -0.146. The van der Waals surface area contributed by atoms with E-state index in [1.54, 1.807) is 12.1 Å². The molecule has 0 aromatic heterocycles. The molecule has 1 aromatic carbocycles. The fourth-order valence-corrected chi connectivity index (χ4v) is 1.61. The molecule has 3 nitrogen and oxygen atoms in total. The molecule has 100 valence electrons. The molecule has 1 atom stereocenters. The minimum absolute atomic E-state index is 0.197. The third-order valence-corrected chi connectivity index (χ3v) is 2.50. The second kappa shape index (κ2) is 6.06. The monoisotopic (exact) mass is 281 g/mol. The number of esters is 1. The molecule has 0 radical (unpaired) electrons. The molecule has 1 N–H and O–H groups in total. The van der Waals surface area contributed by atoms with Crippen molar-refractivity contribution >= 4 is 17.6 Å². The molecule has 0 aliphatic carbocycles. The molecular formula is C11H11ClF3NO2. The molecule has 1 unspecified atom stereocenters. The van der Waals surface area contributed by atoms with Gasteiger partial charge in [-0.2, -0.15) is 13.2 Å². The fraction of sp³-hybridized carbons (Fsp3) is 0.364. The Morgan fingerprint density at radius 1 is 1.44 bits per heavy atom. The highest BCUT2D eigenvalue weighted by atomic mass is 35.5. The zero-order chi connectivity index (χ0) is 13.8. The molecule has 18 heavy (non-hydrogen) atoms. The van der Waals surface area contributed by atoms with Gasteiger partial charge in [0, 0.05) is 5.02 Å². The molecule has 0 bridgehead atoms. The average Bonchev–Trinajstić information content (AvgIpc) is 2.29. The van der Waals surface area contributed by atoms with Gasteiger partial charge in [-0.3, -0.25) is 5.32 Å². The molecule has 0 heterocycles. The van der Waals surface area contributed by atoms with E-state index in [2.05, 4.69) is 10.1 Å². The van der Waals surface area contributed by atoms with E-state index in [9.17, 15) is 18.0 Å². The summed E-state index contributed by atoms with van der Waals surface area (Å²) < 4.78 is 40.9. The molecule has 0 aliphatic heterocycles. The average molecular weight is 282 g/mol. The first-order valence-corrected chi connectivity index (χ1v) is 5.35. The Labute approximate surface area is 107 Å². The standard InChI is InChI=1S/C11H11ClF3NO2/c1-18-10(17)9(16-6-11(13,14)15)7-4-2-3-5-8(7)12/h2-5,9,16H,6H2,1H3. The number of benzene rings is 1. The molecule has 1 rings (SSSR count). The smallest absolute Gasteiger partial charge is 0.401 e. The van der Waals surface area contributed by atoms with E-state index >= 15 is 0 Å². The van der Waals surface area contributed by atoms with Crippen LogP contribution in [0.3, 0.4) is 0 Å². The van der Waals surface area contributed by atoms with Crippen LogP contribution in [0.5, 0.6) is 0 Å². The summed E-state index contributed by atoms with van der Waals surface area (Å²) in [5, 5.41) is 2.28. The maximum Gasteiger partial charge on any atom is 0.401 e. The highest BCUT2D eigenvalue weighted by molar-refractivity contribution is 6.31. The largest absolute Gasteiger partial charge is 0.468 e. The summed E-state index contributed by atoms with van der Waals surface area (Å²) in [6.45, 7) is -1.31. The first-order chi connectivity index (χ1) is 8.35. The number of nitrogens with one attached hydrogen (secondary N) is 1. The van der Waals surface area contributed by atoms with Crippen molar-refractivity contribution in [1.29, 1.82) is 0 Å². The van der Waals surface area contributed by atoms with E-state index in [4.69, 9.17) is 11.6 Å². The van der Waals surface area contributed by atoms with Crippen molar-refractivity contribution in [2.45, 2.75) is 12.2 Å². The van der Waals surface area contributed by atoms with Gasteiger partial charge in [0.25, 0.3) is 0 Å². The van der Waals surface area contributed by atoms with Crippen molar-refractivity contribution in [2.24, 2.45) is 0 Å². The maximum absolute atomic E-state index is 12.2. The number of alkyl halides is 3. The summed E-state index contributed by atoms with van der Waals surface area (Å²) in [4.78, 5) is 11.5. The minimum atomic E-state index is -4.42. The van der Waals surface area contributed by atoms with Crippen molar-refractivity contribution in [3.05, 3.63) is 34.9 Å². The van der Waals surface area contributed by atoms with Crippen LogP contribution in [-0.4, -0.2) is 25.8 Å². The summed E-state index contributed by atoms with van der Waals surface area (Å²) in [7, 11) is 1.10. The Morgan fingerprint density at radius 2 is 2.06 bits per heavy atom. The Morgan fingerprint density at radius 3 is 2.56 bits per heavy atom. The van der Waals surface area contributed by atoms with E-state index in [1.165, 1.54) is 12.1 Å². The quantitative estimate of drug-likeness (QED) is 0.863. The van der Waals surface area contributed by atoms with Crippen LogP contribution in [0.15, 0.2) is 24.3 Å². The van der Waals surface area contributed by atoms with Gasteiger partial charge < -0.3 is 4.74 Å². The minimum Gasteiger partial charge on any atom is -0.468 e. The summed E-state index contributed by atoms with van der Waals surface area (Å²) in [5.41, 5.74) is 0.246. The second-order valence-electron chi connectivity index (χ2n) is 3.47. The van der Waals surface area contributed by atoms with Crippen molar-refractivity contribution in [1.82, 2.24) is 5.32 Å². The maximum atomic E-state index is 12.2. The number of ether oxygens (including phenoxy) is 1. The van der Waals surface area contributed by atoms with Crippen LogP contribution >= 0.6 is 11.6 Å². The van der Waals surface area contributed by atoms with Gasteiger partial charge in [-0.15, -0.1) is 0 Å². The van der Waals surface area contributed by atoms with Gasteiger partial charge in [-0.05, 0) is 11.6 Å². The number of carbonyl (C=O) groups is 1. The van der Waals surface area contributed by atoms with Gasteiger partial charge in [-0.25, -0.2) is 4.79 Å². The third-order valence-electron chi connectivity index (χ3n) is 2.16. The van der Waals surface area contributed by atoms with E-state index in [0.717, 1.165) is 7.11 Å². The van der Waals surface area contributed by atoms with Crippen LogP contribution in [0.25, 0.3) is 0 Å². The van der Waals surface area contributed by atoms with Crippen LogP contribution < -0.4 is 5.32 Å². The fourth-order valence-electron chi connectivity index (χ4n) is 1.37. The van der Waals surface area contributed by atoms with Crippen molar-refractivity contribution in [3.63, 3.8) is 0 Å². The molecule has 0 aliphatic rings. The molecular weight excluding hydrogens is 271 g/mol. The number of hydrogen-bond acceptors (Lipinski definition) is 3. The van der Waals surface area contributed by atoms with E-state index in [0.29, 0.717) is 0 Å². The van der Waals surface area contributed by atoms with Crippen molar-refractivity contribution in [3.8, 4) is 0 Å². The summed E-state index contributed by atoms with van der Waals surface area (Å²) >= 11 is 5.84. The second-order valence-corrected chi connectivity index (χ2v) is 3.88. The Kier molecular flexibility index (Phi) is 4.98. The van der Waals surface area contributed by atoms with Gasteiger partial charge >= 0.3 is 12.1 Å². The first kappa shape index (κ1) is 14.8. The number of rotatable bonds is 4. The van der Waals surface area contributed by atoms with E-state index in [-0.39, 0.29) is 10.6 Å². The SMILES string of the molecule is COC(=O)C(NCC(F)(F)F)c1ccccc1Cl. The van der Waals surface area contributed by atoms with Gasteiger partial charge in [0.05, 0.1) is 13.7 Å². The van der Waals surface area contributed by atoms with Gasteiger partial charge in [0.15, 0.2) is 0 Å². The van der Waals surface area contributed by atoms with E-state index < -0.39 is 24.7 Å². The number of hydrogen-bond donors (Lipinski definition) is 1. The van der Waals surface area contributed by atoms with Gasteiger partial charge in [-0.1, -0.05) is 29.8 Å². The van der Waals surface area contributed by atoms with Crippen LogP contribution in [0, 0.1) is 0 Å². The normalized spacial score (nSPS) is 13.2. The zero-order valence-electron chi connectivity index (χ0n) is 9.42. The topological polar surface area (TPSA) is 38.3 Å². The zero-order valence-corrected chi connectivity index (χ0v) is 10.2. The molecule has 7 heteroatoms. The molecule has 0 fully saturated rings. The predicted octanol–water partition coefficient (Wildman–Crippen LogP) is 2.71. The highest BCUT2D eigenvalue weighted by Crippen LogP contribution is 2.24. The Hall–Kier alpha value is -1.27. The molecule has 1 aromatic rings. The highest BCUT2D eigenvalue weighted by Gasteiger charge is 2.31. The lowest BCUT2D eigenvalue weighted by Crippen LogP contribution is -2.36. The first-order valence-electron chi connectivity index (χ1n) is 4.97. The predicted molar refractivity (Wildman–Crippen MR) is 60.3 cm³/mol. The van der Waals surface area contributed by atoms with Crippen LogP contribution in [0.2, 0.25) is 5.02 Å². The number of halogens is 4. The molecule has 0 saturated carbocycles. The third kappa shape index (κ3) is 4.19. The van der Waals surface area contributed by atoms with Gasteiger partial charge in [0.1, 0.15) is 6.04 Å². The van der Waals surface area contributed by atoms with Gasteiger partial charge in [0.2, 0.25) is 0 Å². The molecule has 0 saturated heterocycles. The summed E-state index contributed by atoms with van der Waals surface area (Å²) in [6.07, 6.45) is -4.42. The summed E-state index contributed by atoms with van der Waals surface area (Å²) in [6, 6.07) is 4.90. The Balaban J connectivity index is 2.93. The molecule has 0 amide bonds. The van der Waals surface area contributed by atoms with Crippen LogP contribution in [0.4, 0.5) is 13.2 Å². The van der Waals surface area contributed by atoms with Crippen LogP contribution in [-0.2, 0) is 9.53 Å². The lowest BCUT2D eigenvalue weighted by atomic mass is 10.1. The number of carbonyl (C=O) groups excluding carboxylic acids is 1. The van der Waals surface area contributed by atoms with Crippen molar-refractivity contribution in [2.75, 3.05) is 13.7 Å². The van der Waals surface area contributed by atoms with E-state index in [1.807, 2.05) is 0 Å². The summed E-state index contributed by atoms with van der Waals surface area (Å²) in [5.74, 6) is -0.827. The lowest BCUT2D eigenvalue weighted by Gasteiger charge is -2.18. The van der Waals surface area contributed by atoms with Crippen LogP contribution in [0.1, 0.15) is 11.6 Å². The number of methoxy groups -OCH3 is 1. The molecule has 0 spiro atoms. The van der Waals surface area contributed by atoms with Crippen molar-refractivity contribution < 1.29 is 22.7 Å².